The Balaban J connectivity index is 1.79. The average Bonchev–Trinajstić information content (AvgIpc) is 3.03. The number of nitrogens with zero attached hydrogens (tertiary/aromatic N) is 2. The summed E-state index contributed by atoms with van der Waals surface area (Å²) in [5, 5.41) is 0. The van der Waals surface area contributed by atoms with Gasteiger partial charge in [0, 0.05) is 25.3 Å². The summed E-state index contributed by atoms with van der Waals surface area (Å²) in [6.45, 7) is 1.85. The van der Waals surface area contributed by atoms with Crippen LogP contribution in [0, 0.1) is 12.7 Å². The van der Waals surface area contributed by atoms with Crippen LogP contribution in [0.2, 0.25) is 0 Å². The number of aryl methyl sites for hydroxylation is 1. The van der Waals surface area contributed by atoms with Gasteiger partial charge in [-0.3, -0.25) is 0 Å². The fourth-order valence-corrected chi connectivity index (χ4v) is 4.68. The summed E-state index contributed by atoms with van der Waals surface area (Å²) in [6.07, 6.45) is 4.18. The molecule has 7 nitrogen and oxygen atoms in total. The van der Waals surface area contributed by atoms with Crippen molar-refractivity contribution >= 4 is 10.0 Å². The Hall–Kier alpha value is -1.97. The first-order chi connectivity index (χ1) is 12.3. The summed E-state index contributed by atoms with van der Waals surface area (Å²) in [6, 6.07) is 2.37. The molecule has 1 aliphatic rings. The molecule has 0 amide bonds. The summed E-state index contributed by atoms with van der Waals surface area (Å²) in [4.78, 5) is 3.99. The molecule has 1 aromatic heterocycles. The van der Waals surface area contributed by atoms with Gasteiger partial charge in [0.15, 0.2) is 11.6 Å². The molecule has 0 saturated carbocycles. The minimum absolute atomic E-state index is 0.0174. The van der Waals surface area contributed by atoms with Crippen molar-refractivity contribution in [1.29, 1.82) is 0 Å². The van der Waals surface area contributed by atoms with Crippen molar-refractivity contribution in [1.82, 2.24) is 14.3 Å². The van der Waals surface area contributed by atoms with Gasteiger partial charge in [-0.15, -0.1) is 0 Å². The van der Waals surface area contributed by atoms with E-state index in [1.165, 1.54) is 26.2 Å². The van der Waals surface area contributed by atoms with Gasteiger partial charge in [-0.25, -0.2) is 22.5 Å². The molecule has 2 atom stereocenters. The van der Waals surface area contributed by atoms with Crippen molar-refractivity contribution in [3.8, 4) is 5.75 Å². The van der Waals surface area contributed by atoms with E-state index in [0.29, 0.717) is 19.4 Å². The normalized spacial score (nSPS) is 20.9. The lowest BCUT2D eigenvalue weighted by molar-refractivity contribution is -0.0000462. The first-order valence-electron chi connectivity index (χ1n) is 8.26. The fraction of sp³-hybridized carbons (Fsp3) is 0.471. The smallest absolute Gasteiger partial charge is 0.241 e. The summed E-state index contributed by atoms with van der Waals surface area (Å²) >= 11 is 0. The Kier molecular flexibility index (Phi) is 5.31. The highest BCUT2D eigenvalue weighted by Gasteiger charge is 2.30. The van der Waals surface area contributed by atoms with E-state index in [2.05, 4.69) is 9.71 Å². The Labute approximate surface area is 152 Å². The van der Waals surface area contributed by atoms with Crippen molar-refractivity contribution in [2.75, 3.05) is 13.7 Å². The van der Waals surface area contributed by atoms with Crippen LogP contribution in [0.15, 0.2) is 29.6 Å². The predicted molar refractivity (Wildman–Crippen MR) is 92.9 cm³/mol. The van der Waals surface area contributed by atoms with Crippen LogP contribution in [0.1, 0.15) is 30.2 Å². The number of sulfonamides is 1. The van der Waals surface area contributed by atoms with Gasteiger partial charge in [0.05, 0.1) is 30.2 Å². The summed E-state index contributed by atoms with van der Waals surface area (Å²) in [5.41, 5.74) is 0.924. The van der Waals surface area contributed by atoms with E-state index in [1.807, 2.05) is 11.6 Å². The number of hydrogen-bond donors (Lipinski definition) is 1. The van der Waals surface area contributed by atoms with Gasteiger partial charge in [0.25, 0.3) is 0 Å². The van der Waals surface area contributed by atoms with Crippen LogP contribution >= 0.6 is 0 Å². The molecule has 9 heteroatoms. The zero-order chi connectivity index (χ0) is 18.9. The molecule has 0 aliphatic carbocycles. The summed E-state index contributed by atoms with van der Waals surface area (Å²) in [5.74, 6) is -0.654. The number of halogens is 1. The largest absolute Gasteiger partial charge is 0.494 e. The van der Waals surface area contributed by atoms with Crippen molar-refractivity contribution in [3.05, 3.63) is 41.7 Å². The first kappa shape index (κ1) is 18.8. The molecule has 0 spiro atoms. The van der Waals surface area contributed by atoms with Crippen molar-refractivity contribution in [2.24, 2.45) is 7.05 Å². The highest BCUT2D eigenvalue weighted by atomic mass is 32.2. The Morgan fingerprint density at radius 1 is 1.42 bits per heavy atom. The Morgan fingerprint density at radius 3 is 2.85 bits per heavy atom. The summed E-state index contributed by atoms with van der Waals surface area (Å²) in [7, 11) is -0.662. The molecule has 142 valence electrons. The molecule has 1 aromatic carbocycles. The monoisotopic (exact) mass is 383 g/mol. The van der Waals surface area contributed by atoms with Crippen molar-refractivity contribution in [3.63, 3.8) is 0 Å². The lowest BCUT2D eigenvalue weighted by Gasteiger charge is -2.30. The number of nitrogens with one attached hydrogen (secondary N) is 1. The highest BCUT2D eigenvalue weighted by Crippen LogP contribution is 2.30. The number of imidazole rings is 1. The molecule has 1 N–H and O–H groups in total. The van der Waals surface area contributed by atoms with Crippen LogP contribution in [-0.2, 0) is 21.8 Å². The third-order valence-electron chi connectivity index (χ3n) is 4.60. The number of aromatic nitrogens is 2. The minimum Gasteiger partial charge on any atom is -0.494 e. The molecular weight excluding hydrogens is 361 g/mol. The minimum atomic E-state index is -3.86. The number of benzene rings is 1. The molecule has 26 heavy (non-hydrogen) atoms. The number of rotatable bonds is 5. The van der Waals surface area contributed by atoms with Crippen LogP contribution < -0.4 is 9.46 Å². The third-order valence-corrected chi connectivity index (χ3v) is 6.27. The SMILES string of the molecule is COc1ccc(S(=O)(=O)N[C@@H]2CCO[C@@H](c3cncn3C)C2)c(C)c1F. The van der Waals surface area contributed by atoms with Gasteiger partial charge in [0.1, 0.15) is 6.10 Å². The first-order valence-corrected chi connectivity index (χ1v) is 9.75. The van der Waals surface area contributed by atoms with E-state index in [4.69, 9.17) is 9.47 Å². The topological polar surface area (TPSA) is 82.5 Å². The fourth-order valence-electron chi connectivity index (χ4n) is 3.16. The summed E-state index contributed by atoms with van der Waals surface area (Å²) < 4.78 is 54.9. The van der Waals surface area contributed by atoms with E-state index < -0.39 is 15.8 Å². The molecule has 2 heterocycles. The van der Waals surface area contributed by atoms with Crippen LogP contribution in [-0.4, -0.2) is 37.7 Å². The van der Waals surface area contributed by atoms with Crippen LogP contribution in [0.25, 0.3) is 0 Å². The van der Waals surface area contributed by atoms with Gasteiger partial charge in [-0.1, -0.05) is 0 Å². The van der Waals surface area contributed by atoms with Gasteiger partial charge < -0.3 is 14.0 Å². The van der Waals surface area contributed by atoms with E-state index in [-0.39, 0.29) is 28.4 Å². The molecule has 2 aromatic rings. The van der Waals surface area contributed by atoms with Gasteiger partial charge in [-0.2, -0.15) is 0 Å². The van der Waals surface area contributed by atoms with Crippen LogP contribution in [0.4, 0.5) is 4.39 Å². The molecule has 0 unspecified atom stereocenters. The number of ether oxygens (including phenoxy) is 2. The zero-order valence-electron chi connectivity index (χ0n) is 14.9. The lowest BCUT2D eigenvalue weighted by atomic mass is 10.0. The molecule has 3 rings (SSSR count). The maximum absolute atomic E-state index is 14.2. The second-order valence-electron chi connectivity index (χ2n) is 6.34. The zero-order valence-corrected chi connectivity index (χ0v) is 15.7. The molecule has 0 bridgehead atoms. The number of methoxy groups -OCH3 is 1. The maximum Gasteiger partial charge on any atom is 0.241 e. The van der Waals surface area contributed by atoms with E-state index >= 15 is 0 Å². The van der Waals surface area contributed by atoms with Gasteiger partial charge in [0.2, 0.25) is 10.0 Å². The third kappa shape index (κ3) is 3.60. The van der Waals surface area contributed by atoms with Crippen molar-refractivity contribution in [2.45, 2.75) is 36.8 Å². The average molecular weight is 383 g/mol. The maximum atomic E-state index is 14.2. The molecular formula is C17H22FN3O4S. The van der Waals surface area contributed by atoms with Gasteiger partial charge >= 0.3 is 0 Å². The second kappa shape index (κ2) is 7.34. The Bertz CT molecular complexity index is 897. The number of hydrogen-bond acceptors (Lipinski definition) is 5. The van der Waals surface area contributed by atoms with Gasteiger partial charge in [-0.05, 0) is 31.9 Å². The molecule has 0 radical (unpaired) electrons. The second-order valence-corrected chi connectivity index (χ2v) is 8.02. The van der Waals surface area contributed by atoms with E-state index in [9.17, 15) is 12.8 Å². The van der Waals surface area contributed by atoms with E-state index in [1.54, 1.807) is 12.5 Å². The van der Waals surface area contributed by atoms with Crippen LogP contribution in [0.3, 0.4) is 0 Å². The molecule has 1 saturated heterocycles. The lowest BCUT2D eigenvalue weighted by Crippen LogP contribution is -2.40. The highest BCUT2D eigenvalue weighted by molar-refractivity contribution is 7.89. The van der Waals surface area contributed by atoms with Crippen molar-refractivity contribution < 1.29 is 22.3 Å². The quantitative estimate of drug-likeness (QED) is 0.855. The van der Waals surface area contributed by atoms with E-state index in [0.717, 1.165) is 5.69 Å². The predicted octanol–water partition coefficient (Wildman–Crippen LogP) is 2.07. The van der Waals surface area contributed by atoms with Crippen LogP contribution in [0.5, 0.6) is 5.75 Å². The molecule has 1 fully saturated rings. The Morgan fingerprint density at radius 2 is 2.19 bits per heavy atom. The molecule has 1 aliphatic heterocycles. The standard InChI is InChI=1S/C17H22FN3O4S/c1-11-16(5-4-14(24-3)17(11)18)26(22,23)20-12-6-7-25-15(8-12)13-9-19-10-21(13)2/h4-5,9-10,12,15,20H,6-8H2,1-3H3/t12-,15-/m1/s1.